The molecule has 1 aromatic carbocycles. The van der Waals surface area contributed by atoms with Crippen LogP contribution in [0.25, 0.3) is 0 Å². The third-order valence-corrected chi connectivity index (χ3v) is 5.29. The Kier molecular flexibility index (Phi) is 3.15. The molecule has 0 amide bonds. The van der Waals surface area contributed by atoms with Gasteiger partial charge in [0.15, 0.2) is 0 Å². The molecule has 0 bridgehead atoms. The molecule has 18 heavy (non-hydrogen) atoms. The highest BCUT2D eigenvalue weighted by atomic mass is 32.2. The lowest BCUT2D eigenvalue weighted by Crippen LogP contribution is -2.46. The molecule has 0 atom stereocenters. The average Bonchev–Trinajstić information content (AvgIpc) is 2.35. The summed E-state index contributed by atoms with van der Waals surface area (Å²) in [6, 6.07) is 5.50. The highest BCUT2D eigenvalue weighted by Crippen LogP contribution is 2.31. The van der Waals surface area contributed by atoms with Crippen LogP contribution in [0.3, 0.4) is 0 Å². The van der Waals surface area contributed by atoms with Crippen LogP contribution in [-0.2, 0) is 10.0 Å². The Balaban J connectivity index is 2.63. The number of anilines is 1. The standard InChI is InChI=1S/C13H20N2O2S/c1-10-5-6-11-12(9-10)18(16,17)15(8-7-14-11)13(2,3)4/h5-6,9,14H,7-8H2,1-4H3. The molecule has 0 aromatic heterocycles. The van der Waals surface area contributed by atoms with Crippen molar-refractivity contribution in [2.75, 3.05) is 18.4 Å². The molecule has 0 spiro atoms. The first-order chi connectivity index (χ1) is 8.23. The molecule has 0 unspecified atom stereocenters. The zero-order valence-corrected chi connectivity index (χ0v) is 12.1. The van der Waals surface area contributed by atoms with Crippen LogP contribution in [0.15, 0.2) is 23.1 Å². The van der Waals surface area contributed by atoms with E-state index in [1.807, 2.05) is 39.8 Å². The number of hydrogen-bond donors (Lipinski definition) is 1. The Labute approximate surface area is 109 Å². The third kappa shape index (κ3) is 2.24. The van der Waals surface area contributed by atoms with E-state index >= 15 is 0 Å². The molecular formula is C13H20N2O2S. The Morgan fingerprint density at radius 2 is 1.94 bits per heavy atom. The van der Waals surface area contributed by atoms with Gasteiger partial charge in [0.05, 0.1) is 5.69 Å². The number of benzene rings is 1. The maximum atomic E-state index is 12.7. The maximum absolute atomic E-state index is 12.7. The fourth-order valence-electron chi connectivity index (χ4n) is 2.22. The fraction of sp³-hybridized carbons (Fsp3) is 0.538. The maximum Gasteiger partial charge on any atom is 0.245 e. The van der Waals surface area contributed by atoms with Crippen molar-refractivity contribution in [2.45, 2.75) is 38.1 Å². The number of sulfonamides is 1. The molecule has 1 aliphatic heterocycles. The SMILES string of the molecule is Cc1ccc2c(c1)S(=O)(=O)N(C(C)(C)C)CCN2. The van der Waals surface area contributed by atoms with E-state index in [4.69, 9.17) is 0 Å². The van der Waals surface area contributed by atoms with Gasteiger partial charge in [-0.15, -0.1) is 0 Å². The smallest absolute Gasteiger partial charge is 0.245 e. The second-order valence-electron chi connectivity index (χ2n) is 5.67. The zero-order valence-electron chi connectivity index (χ0n) is 11.3. The van der Waals surface area contributed by atoms with Gasteiger partial charge < -0.3 is 5.32 Å². The van der Waals surface area contributed by atoms with Crippen LogP contribution >= 0.6 is 0 Å². The summed E-state index contributed by atoms with van der Waals surface area (Å²) in [4.78, 5) is 0.384. The Hall–Kier alpha value is -1.07. The summed E-state index contributed by atoms with van der Waals surface area (Å²) in [5.74, 6) is 0. The second-order valence-corrected chi connectivity index (χ2v) is 7.51. The van der Waals surface area contributed by atoms with Crippen molar-refractivity contribution in [1.29, 1.82) is 0 Å². The number of rotatable bonds is 0. The summed E-state index contributed by atoms with van der Waals surface area (Å²) < 4.78 is 27.0. The minimum absolute atomic E-state index is 0.384. The highest BCUT2D eigenvalue weighted by Gasteiger charge is 2.36. The van der Waals surface area contributed by atoms with Gasteiger partial charge in [0.2, 0.25) is 10.0 Å². The van der Waals surface area contributed by atoms with Crippen LogP contribution in [0, 0.1) is 6.92 Å². The molecule has 0 radical (unpaired) electrons. The van der Waals surface area contributed by atoms with Crippen LogP contribution in [0.5, 0.6) is 0 Å². The molecule has 0 saturated carbocycles. The molecule has 1 N–H and O–H groups in total. The number of nitrogens with one attached hydrogen (secondary N) is 1. The Morgan fingerprint density at radius 1 is 1.28 bits per heavy atom. The molecule has 0 fully saturated rings. The quantitative estimate of drug-likeness (QED) is 0.785. The summed E-state index contributed by atoms with van der Waals surface area (Å²) in [7, 11) is -3.43. The molecule has 100 valence electrons. The van der Waals surface area contributed by atoms with Gasteiger partial charge in [0.1, 0.15) is 4.90 Å². The predicted octanol–water partition coefficient (Wildman–Crippen LogP) is 2.21. The fourth-order valence-corrected chi connectivity index (χ4v) is 4.26. The van der Waals surface area contributed by atoms with Crippen molar-refractivity contribution in [3.05, 3.63) is 23.8 Å². The van der Waals surface area contributed by atoms with E-state index in [-0.39, 0.29) is 0 Å². The normalized spacial score (nSPS) is 19.8. The lowest BCUT2D eigenvalue weighted by atomic mass is 10.1. The number of nitrogens with zero attached hydrogens (tertiary/aromatic N) is 1. The van der Waals surface area contributed by atoms with Gasteiger partial charge in [-0.25, -0.2) is 8.42 Å². The molecular weight excluding hydrogens is 248 g/mol. The second kappa shape index (κ2) is 4.24. The average molecular weight is 268 g/mol. The largest absolute Gasteiger partial charge is 0.383 e. The van der Waals surface area contributed by atoms with Gasteiger partial charge in [0, 0.05) is 18.6 Å². The van der Waals surface area contributed by atoms with E-state index in [9.17, 15) is 8.42 Å². The van der Waals surface area contributed by atoms with Gasteiger partial charge in [-0.1, -0.05) is 6.07 Å². The highest BCUT2D eigenvalue weighted by molar-refractivity contribution is 7.89. The summed E-state index contributed by atoms with van der Waals surface area (Å²) in [5.41, 5.74) is 1.24. The lowest BCUT2D eigenvalue weighted by Gasteiger charge is -2.33. The number of hydrogen-bond acceptors (Lipinski definition) is 3. The Bertz CT molecular complexity index is 559. The summed E-state index contributed by atoms with van der Waals surface area (Å²) in [6.07, 6.45) is 0. The van der Waals surface area contributed by atoms with E-state index < -0.39 is 15.6 Å². The first-order valence-electron chi connectivity index (χ1n) is 6.10. The van der Waals surface area contributed by atoms with Gasteiger partial charge in [-0.05, 0) is 45.4 Å². The minimum atomic E-state index is -3.43. The van der Waals surface area contributed by atoms with Crippen molar-refractivity contribution in [3.8, 4) is 0 Å². The van der Waals surface area contributed by atoms with Crippen molar-refractivity contribution < 1.29 is 8.42 Å². The van der Waals surface area contributed by atoms with Crippen LogP contribution < -0.4 is 5.32 Å². The van der Waals surface area contributed by atoms with Crippen LogP contribution in [-0.4, -0.2) is 31.4 Å². The molecule has 1 aromatic rings. The first-order valence-corrected chi connectivity index (χ1v) is 7.54. The van der Waals surface area contributed by atoms with E-state index in [0.717, 1.165) is 5.56 Å². The monoisotopic (exact) mass is 268 g/mol. The van der Waals surface area contributed by atoms with Gasteiger partial charge >= 0.3 is 0 Å². The third-order valence-electron chi connectivity index (χ3n) is 3.08. The summed E-state index contributed by atoms with van der Waals surface area (Å²) >= 11 is 0. The van der Waals surface area contributed by atoms with Crippen LogP contribution in [0.1, 0.15) is 26.3 Å². The number of fused-ring (bicyclic) bond motifs is 1. The van der Waals surface area contributed by atoms with E-state index in [0.29, 0.717) is 23.7 Å². The topological polar surface area (TPSA) is 49.4 Å². The van der Waals surface area contributed by atoms with Crippen LogP contribution in [0.2, 0.25) is 0 Å². The van der Waals surface area contributed by atoms with Crippen molar-refractivity contribution in [1.82, 2.24) is 4.31 Å². The molecule has 0 saturated heterocycles. The van der Waals surface area contributed by atoms with Gasteiger partial charge in [0.25, 0.3) is 0 Å². The van der Waals surface area contributed by atoms with E-state index in [1.165, 1.54) is 0 Å². The van der Waals surface area contributed by atoms with Crippen molar-refractivity contribution in [2.24, 2.45) is 0 Å². The molecule has 1 aliphatic rings. The summed E-state index contributed by atoms with van der Waals surface area (Å²) in [5, 5.41) is 3.19. The molecule has 1 heterocycles. The van der Waals surface area contributed by atoms with Gasteiger partial charge in [-0.3, -0.25) is 0 Å². The molecule has 0 aliphatic carbocycles. The first kappa shape index (κ1) is 13.4. The van der Waals surface area contributed by atoms with Crippen molar-refractivity contribution in [3.63, 3.8) is 0 Å². The number of aryl methyl sites for hydroxylation is 1. The molecule has 2 rings (SSSR count). The van der Waals surface area contributed by atoms with Crippen LogP contribution in [0.4, 0.5) is 5.69 Å². The van der Waals surface area contributed by atoms with Gasteiger partial charge in [-0.2, -0.15) is 4.31 Å². The molecule has 5 heteroatoms. The van der Waals surface area contributed by atoms with Crippen molar-refractivity contribution >= 4 is 15.7 Å². The van der Waals surface area contributed by atoms with E-state index in [1.54, 1.807) is 10.4 Å². The molecule has 4 nitrogen and oxygen atoms in total. The predicted molar refractivity (Wildman–Crippen MR) is 73.3 cm³/mol. The van der Waals surface area contributed by atoms with E-state index in [2.05, 4.69) is 5.32 Å². The summed E-state index contributed by atoms with van der Waals surface area (Å²) in [6.45, 7) is 8.79. The minimum Gasteiger partial charge on any atom is -0.383 e. The Morgan fingerprint density at radius 3 is 2.56 bits per heavy atom. The lowest BCUT2D eigenvalue weighted by molar-refractivity contribution is 0.258. The zero-order chi connectivity index (χ0) is 13.6.